The van der Waals surface area contributed by atoms with E-state index in [1.54, 1.807) is 18.3 Å². The van der Waals surface area contributed by atoms with Crippen molar-refractivity contribution < 1.29 is 8.42 Å². The Hall–Kier alpha value is -3.89. The zero-order valence-electron chi connectivity index (χ0n) is 28.9. The van der Waals surface area contributed by atoms with Crippen molar-refractivity contribution in [3.05, 3.63) is 81.8 Å². The van der Waals surface area contributed by atoms with E-state index in [0.29, 0.717) is 22.9 Å². The van der Waals surface area contributed by atoms with E-state index in [1.165, 1.54) is 10.4 Å². The predicted octanol–water partition coefficient (Wildman–Crippen LogP) is 7.65. The summed E-state index contributed by atoms with van der Waals surface area (Å²) in [4.78, 5) is 15.6. The van der Waals surface area contributed by atoms with Gasteiger partial charge in [-0.05, 0) is 61.8 Å². The number of rotatable bonds is 6. The maximum absolute atomic E-state index is 13.9. The number of piperidine rings is 1. The fourth-order valence-corrected chi connectivity index (χ4v) is 9.36. The summed E-state index contributed by atoms with van der Waals surface area (Å²) in [6.45, 7) is 16.0. The van der Waals surface area contributed by atoms with Crippen molar-refractivity contribution in [2.24, 2.45) is 12.5 Å². The molecule has 2 aliphatic heterocycles. The highest BCUT2D eigenvalue weighted by atomic mass is 35.5. The van der Waals surface area contributed by atoms with Crippen LogP contribution in [-0.2, 0) is 30.0 Å². The van der Waals surface area contributed by atoms with Gasteiger partial charge in [0.2, 0.25) is 0 Å². The second kappa shape index (κ2) is 11.9. The molecule has 0 radical (unpaired) electrons. The van der Waals surface area contributed by atoms with Gasteiger partial charge in [-0.3, -0.25) is 4.68 Å². The van der Waals surface area contributed by atoms with Crippen LogP contribution in [0.5, 0.6) is 0 Å². The fraction of sp³-hybridized carbons (Fsp3) is 0.432. The Balaban J connectivity index is 1.36. The Bertz CT molecular complexity index is 2150. The summed E-state index contributed by atoms with van der Waals surface area (Å²) in [5.74, 6) is 2.73. The van der Waals surface area contributed by atoms with Crippen LogP contribution in [0, 0.1) is 19.3 Å². The van der Waals surface area contributed by atoms with E-state index in [1.807, 2.05) is 55.9 Å². The van der Waals surface area contributed by atoms with E-state index in [9.17, 15) is 8.42 Å². The topological polar surface area (TPSA) is 89.2 Å². The molecule has 252 valence electrons. The van der Waals surface area contributed by atoms with Crippen LogP contribution in [0.25, 0.3) is 22.3 Å². The molecule has 48 heavy (non-hydrogen) atoms. The molecule has 0 atom stereocenters. The van der Waals surface area contributed by atoms with Crippen molar-refractivity contribution in [2.75, 3.05) is 29.4 Å². The van der Waals surface area contributed by atoms with E-state index < -0.39 is 10.0 Å². The Morgan fingerprint density at radius 2 is 1.73 bits per heavy atom. The van der Waals surface area contributed by atoms with E-state index >= 15 is 0 Å². The number of fused-ring (bicyclic) bond motifs is 2. The van der Waals surface area contributed by atoms with Crippen molar-refractivity contribution in [1.82, 2.24) is 23.7 Å². The van der Waals surface area contributed by atoms with Crippen LogP contribution < -0.4 is 9.80 Å². The molecule has 2 aliphatic rings. The molecule has 11 heteroatoms. The molecule has 0 aliphatic carbocycles. The monoisotopic (exact) mass is 685 g/mol. The summed E-state index contributed by atoms with van der Waals surface area (Å²) in [5.41, 5.74) is 6.52. The Labute approximate surface area is 288 Å². The molecule has 0 N–H and O–H groups in total. The van der Waals surface area contributed by atoms with Gasteiger partial charge in [0.1, 0.15) is 16.7 Å². The molecule has 2 aromatic carbocycles. The van der Waals surface area contributed by atoms with Gasteiger partial charge in [0.05, 0.1) is 21.8 Å². The van der Waals surface area contributed by atoms with Gasteiger partial charge in [-0.1, -0.05) is 69.1 Å². The lowest BCUT2D eigenvalue weighted by Crippen LogP contribution is -2.42. The number of hydrogen-bond donors (Lipinski definition) is 0. The fourth-order valence-electron chi connectivity index (χ4n) is 7.44. The number of aromatic nitrogens is 5. The van der Waals surface area contributed by atoms with Gasteiger partial charge in [-0.25, -0.2) is 22.4 Å². The number of benzene rings is 2. The number of anilines is 2. The minimum atomic E-state index is -3.81. The molecule has 7 rings (SSSR count). The minimum Gasteiger partial charge on any atom is -0.356 e. The first kappa shape index (κ1) is 32.6. The third-order valence-electron chi connectivity index (χ3n) is 9.87. The zero-order valence-corrected chi connectivity index (χ0v) is 30.5. The first-order chi connectivity index (χ1) is 22.7. The second-order valence-electron chi connectivity index (χ2n) is 14.6. The third kappa shape index (κ3) is 5.56. The maximum Gasteiger partial charge on any atom is 0.268 e. The molecule has 5 aromatic rings. The highest BCUT2D eigenvalue weighted by Crippen LogP contribution is 2.41. The van der Waals surface area contributed by atoms with Crippen molar-refractivity contribution in [3.63, 3.8) is 0 Å². The Morgan fingerprint density at radius 3 is 2.42 bits per heavy atom. The van der Waals surface area contributed by atoms with Crippen LogP contribution in [0.1, 0.15) is 74.5 Å². The van der Waals surface area contributed by atoms with Crippen molar-refractivity contribution in [3.8, 4) is 11.4 Å². The van der Waals surface area contributed by atoms with E-state index in [2.05, 4.69) is 37.5 Å². The van der Waals surface area contributed by atoms with Gasteiger partial charge < -0.3 is 9.80 Å². The highest BCUT2D eigenvalue weighted by molar-refractivity contribution is 7.90. The summed E-state index contributed by atoms with van der Waals surface area (Å²) in [7, 11) is -1.85. The van der Waals surface area contributed by atoms with Gasteiger partial charge in [0.25, 0.3) is 10.0 Å². The van der Waals surface area contributed by atoms with Gasteiger partial charge in [0.15, 0.2) is 5.82 Å². The van der Waals surface area contributed by atoms with Crippen LogP contribution in [-0.4, -0.2) is 51.8 Å². The van der Waals surface area contributed by atoms with Crippen LogP contribution in [0.15, 0.2) is 53.6 Å². The SMILES string of the molecule is Cc1ccc(S(=O)(=O)n2cc(C)c3c(-c4nc5c(c(N6CCCC(C)(C)C6)n4)CN(c4c(Cl)c(C(C)C)nn4C)CC5)cccc32)cc1. The van der Waals surface area contributed by atoms with Gasteiger partial charge in [-0.2, -0.15) is 5.10 Å². The normalized spacial score (nSPS) is 16.6. The minimum absolute atomic E-state index is 0.153. The molecular weight excluding hydrogens is 642 g/mol. The van der Waals surface area contributed by atoms with Gasteiger partial charge in [-0.15, -0.1) is 0 Å². The summed E-state index contributed by atoms with van der Waals surface area (Å²) in [6, 6.07) is 12.8. The van der Waals surface area contributed by atoms with Gasteiger partial charge in [0, 0.05) is 62.4 Å². The van der Waals surface area contributed by atoms with Crippen molar-refractivity contribution in [2.45, 2.75) is 78.2 Å². The average molecular weight is 686 g/mol. The average Bonchev–Trinajstić information content (AvgIpc) is 3.55. The molecule has 0 amide bonds. The number of nitrogens with zero attached hydrogens (tertiary/aromatic N) is 7. The maximum atomic E-state index is 13.9. The van der Waals surface area contributed by atoms with E-state index in [-0.39, 0.29) is 16.2 Å². The standard InChI is InChI=1S/C37H44ClN7O2S/c1-23(2)33-32(38)36(42(7)41-33)43-19-16-29-28(21-43)35(44-18-9-17-37(5,6)22-44)40-34(39-29)27-10-8-11-30-31(27)25(4)20-45(30)48(46,47)26-14-12-24(3)13-15-26/h8,10-15,20,23H,9,16-19,21-22H2,1-7H3. The smallest absolute Gasteiger partial charge is 0.268 e. The van der Waals surface area contributed by atoms with Crippen LogP contribution in [0.2, 0.25) is 5.02 Å². The molecule has 0 saturated carbocycles. The number of halogens is 1. The second-order valence-corrected chi connectivity index (χ2v) is 16.8. The molecular formula is C37H44ClN7O2S. The molecule has 0 unspecified atom stereocenters. The first-order valence-corrected chi connectivity index (χ1v) is 18.6. The Kier molecular flexibility index (Phi) is 8.10. The zero-order chi connectivity index (χ0) is 34.1. The van der Waals surface area contributed by atoms with E-state index in [0.717, 1.165) is 83.1 Å². The summed E-state index contributed by atoms with van der Waals surface area (Å²) < 4.78 is 31.1. The summed E-state index contributed by atoms with van der Waals surface area (Å²) in [6.07, 6.45) is 4.70. The molecule has 5 heterocycles. The van der Waals surface area contributed by atoms with E-state index in [4.69, 9.17) is 26.7 Å². The lowest BCUT2D eigenvalue weighted by molar-refractivity contribution is 0.291. The molecule has 0 bridgehead atoms. The highest BCUT2D eigenvalue weighted by Gasteiger charge is 2.34. The number of aryl methyl sites for hydroxylation is 3. The van der Waals surface area contributed by atoms with Crippen LogP contribution >= 0.6 is 11.6 Å². The lowest BCUT2D eigenvalue weighted by atomic mass is 9.84. The quantitative estimate of drug-likeness (QED) is 0.181. The molecule has 0 spiro atoms. The van der Waals surface area contributed by atoms with Crippen LogP contribution in [0.4, 0.5) is 11.6 Å². The molecule has 1 saturated heterocycles. The Morgan fingerprint density at radius 1 is 0.979 bits per heavy atom. The third-order valence-corrected chi connectivity index (χ3v) is 11.9. The molecule has 3 aromatic heterocycles. The lowest BCUT2D eigenvalue weighted by Gasteiger charge is -2.41. The van der Waals surface area contributed by atoms with Crippen molar-refractivity contribution in [1.29, 1.82) is 0 Å². The van der Waals surface area contributed by atoms with Crippen LogP contribution in [0.3, 0.4) is 0 Å². The first-order valence-electron chi connectivity index (χ1n) is 16.8. The molecule has 1 fully saturated rings. The molecule has 9 nitrogen and oxygen atoms in total. The van der Waals surface area contributed by atoms with Gasteiger partial charge >= 0.3 is 0 Å². The predicted molar refractivity (Wildman–Crippen MR) is 194 cm³/mol. The van der Waals surface area contributed by atoms with Crippen molar-refractivity contribution >= 4 is 44.2 Å². The number of hydrogen-bond acceptors (Lipinski definition) is 7. The summed E-state index contributed by atoms with van der Waals surface area (Å²) >= 11 is 6.96. The summed E-state index contributed by atoms with van der Waals surface area (Å²) in [5, 5.41) is 6.32. The largest absolute Gasteiger partial charge is 0.356 e.